The van der Waals surface area contributed by atoms with Crippen LogP contribution in [-0.4, -0.2) is 109 Å². The average molecular weight is 605 g/mol. The number of carbonyl (C=O) groups is 5. The second kappa shape index (κ2) is 21.8. The second-order valence-electron chi connectivity index (χ2n) is 11.1. The highest BCUT2D eigenvalue weighted by molar-refractivity contribution is 5.90. The number of rotatable bonds is 24. The Balaban J connectivity index is 4.81. The summed E-state index contributed by atoms with van der Waals surface area (Å²) in [5.74, 6) is -2.96. The van der Waals surface area contributed by atoms with Crippen LogP contribution in [0, 0.1) is 0 Å². The Morgan fingerprint density at radius 2 is 1.17 bits per heavy atom. The Kier molecular flexibility index (Phi) is 20.4. The molecule has 4 amide bonds. The van der Waals surface area contributed by atoms with Crippen molar-refractivity contribution >= 4 is 29.6 Å². The number of carbonyl (C=O) groups excluding carboxylic acids is 4. The van der Waals surface area contributed by atoms with Crippen molar-refractivity contribution in [3.63, 3.8) is 0 Å². The summed E-state index contributed by atoms with van der Waals surface area (Å²) in [6.07, 6.45) is 1.97. The maximum atomic E-state index is 13.0. The highest BCUT2D eigenvalue weighted by Crippen LogP contribution is 2.08. The van der Waals surface area contributed by atoms with Gasteiger partial charge in [0.25, 0.3) is 0 Å². The first-order chi connectivity index (χ1) is 19.7. The Labute approximate surface area is 249 Å². The molecule has 0 aliphatic heterocycles. The minimum atomic E-state index is -1.22. The number of aliphatic hydroxyl groups excluding tert-OH is 1. The Bertz CT molecular complexity index is 836. The van der Waals surface area contributed by atoms with Crippen molar-refractivity contribution < 1.29 is 48.4 Å². The Hall–Kier alpha value is -2.81. The predicted molar refractivity (Wildman–Crippen MR) is 155 cm³/mol. The highest BCUT2D eigenvalue weighted by Gasteiger charge is 2.26. The molecule has 2 unspecified atom stereocenters. The van der Waals surface area contributed by atoms with Gasteiger partial charge in [0, 0.05) is 13.1 Å². The van der Waals surface area contributed by atoms with Crippen LogP contribution in [-0.2, 0) is 38.2 Å². The van der Waals surface area contributed by atoms with E-state index in [0.29, 0.717) is 32.2 Å². The topological polar surface area (TPSA) is 202 Å². The van der Waals surface area contributed by atoms with Gasteiger partial charge in [-0.15, -0.1) is 0 Å². The van der Waals surface area contributed by atoms with Crippen LogP contribution in [0.25, 0.3) is 0 Å². The summed E-state index contributed by atoms with van der Waals surface area (Å²) in [5.41, 5.74) is -0.832. The Morgan fingerprint density at radius 3 is 1.64 bits per heavy atom. The SMILES string of the molecule is CC(C)OCC(=O)NCCCCC(NC(=O)COC(C)C)C(=O)NC(CCCCNC(=O)COC(C)(C)CO)C(=O)O. The van der Waals surface area contributed by atoms with Crippen LogP contribution in [0.5, 0.6) is 0 Å². The average Bonchev–Trinajstić information content (AvgIpc) is 2.91. The molecule has 0 fully saturated rings. The smallest absolute Gasteiger partial charge is 0.326 e. The van der Waals surface area contributed by atoms with Gasteiger partial charge in [-0.05, 0) is 80.1 Å². The number of hydrogen-bond donors (Lipinski definition) is 6. The van der Waals surface area contributed by atoms with Crippen LogP contribution < -0.4 is 21.3 Å². The lowest BCUT2D eigenvalue weighted by molar-refractivity contribution is -0.142. The van der Waals surface area contributed by atoms with Crippen molar-refractivity contribution in [2.24, 2.45) is 0 Å². The summed E-state index contributed by atoms with van der Waals surface area (Å²) < 4.78 is 15.8. The molecule has 14 heteroatoms. The zero-order valence-corrected chi connectivity index (χ0v) is 26.0. The van der Waals surface area contributed by atoms with Crippen molar-refractivity contribution in [2.75, 3.05) is 39.5 Å². The fourth-order valence-corrected chi connectivity index (χ4v) is 3.33. The van der Waals surface area contributed by atoms with E-state index < -0.39 is 35.5 Å². The van der Waals surface area contributed by atoms with E-state index in [0.717, 1.165) is 0 Å². The molecule has 0 aromatic rings. The number of nitrogens with one attached hydrogen (secondary N) is 4. The normalized spacial score (nSPS) is 13.0. The summed E-state index contributed by atoms with van der Waals surface area (Å²) >= 11 is 0. The van der Waals surface area contributed by atoms with Crippen molar-refractivity contribution in [2.45, 2.75) is 110 Å². The maximum absolute atomic E-state index is 13.0. The van der Waals surface area contributed by atoms with Crippen LogP contribution in [0.3, 0.4) is 0 Å². The van der Waals surface area contributed by atoms with E-state index in [-0.39, 0.29) is 69.8 Å². The number of aliphatic carboxylic acids is 1. The quantitative estimate of drug-likeness (QED) is 0.0830. The molecular formula is C28H52N4O10. The Morgan fingerprint density at radius 1 is 0.690 bits per heavy atom. The largest absolute Gasteiger partial charge is 0.480 e. The van der Waals surface area contributed by atoms with Crippen molar-refractivity contribution in [1.29, 1.82) is 0 Å². The number of carboxylic acid groups (broad SMARTS) is 1. The van der Waals surface area contributed by atoms with Crippen LogP contribution in [0.2, 0.25) is 0 Å². The molecule has 2 atom stereocenters. The van der Waals surface area contributed by atoms with Crippen molar-refractivity contribution in [3.05, 3.63) is 0 Å². The summed E-state index contributed by atoms with van der Waals surface area (Å²) in [5, 5.41) is 29.3. The molecule has 0 spiro atoms. The lowest BCUT2D eigenvalue weighted by Crippen LogP contribution is -2.52. The monoisotopic (exact) mass is 604 g/mol. The van der Waals surface area contributed by atoms with Crippen LogP contribution in [0.1, 0.15) is 80.1 Å². The summed E-state index contributed by atoms with van der Waals surface area (Å²) in [6.45, 7) is 10.4. The first-order valence-corrected chi connectivity index (χ1v) is 14.5. The number of aliphatic hydroxyl groups is 1. The summed E-state index contributed by atoms with van der Waals surface area (Å²) in [7, 11) is 0. The molecule has 0 bridgehead atoms. The molecule has 6 N–H and O–H groups in total. The number of ether oxygens (including phenoxy) is 3. The van der Waals surface area contributed by atoms with Crippen molar-refractivity contribution in [3.8, 4) is 0 Å². The van der Waals surface area contributed by atoms with Gasteiger partial charge in [0.15, 0.2) is 0 Å². The predicted octanol–water partition coefficient (Wildman–Crippen LogP) is 0.251. The van der Waals surface area contributed by atoms with Gasteiger partial charge in [-0.3, -0.25) is 19.2 Å². The third kappa shape index (κ3) is 21.0. The first kappa shape index (κ1) is 39.2. The number of amides is 4. The molecule has 0 aromatic heterocycles. The van der Waals surface area contributed by atoms with Crippen LogP contribution in [0.15, 0.2) is 0 Å². The molecule has 0 aromatic carbocycles. The molecule has 0 aliphatic rings. The van der Waals surface area contributed by atoms with Gasteiger partial charge in [0.2, 0.25) is 23.6 Å². The number of unbranched alkanes of at least 4 members (excludes halogenated alkanes) is 2. The van der Waals surface area contributed by atoms with E-state index in [1.54, 1.807) is 27.7 Å². The van der Waals surface area contributed by atoms with Crippen LogP contribution in [0.4, 0.5) is 0 Å². The standard InChI is InChI=1S/C28H52N4O10/c1-19(2)40-15-23(34)29-13-9-7-11-21(31-25(36)16-41-20(3)4)26(37)32-22(27(38)39)12-8-10-14-30-24(35)17-42-28(5,6)18-33/h19-22,33H,7-18H2,1-6H3,(H,29,34)(H,30,35)(H,31,36)(H,32,37)(H,38,39). The third-order valence-corrected chi connectivity index (χ3v) is 5.82. The van der Waals surface area contributed by atoms with Gasteiger partial charge < -0.3 is 45.7 Å². The number of hydrogen-bond acceptors (Lipinski definition) is 9. The zero-order chi connectivity index (χ0) is 32.1. The van der Waals surface area contributed by atoms with E-state index in [4.69, 9.17) is 19.3 Å². The first-order valence-electron chi connectivity index (χ1n) is 14.5. The van der Waals surface area contributed by atoms with Gasteiger partial charge in [-0.2, -0.15) is 0 Å². The molecule has 14 nitrogen and oxygen atoms in total. The molecule has 0 rings (SSSR count). The minimum absolute atomic E-state index is 0.0467. The van der Waals surface area contributed by atoms with E-state index in [1.807, 2.05) is 13.8 Å². The minimum Gasteiger partial charge on any atom is -0.480 e. The fraction of sp³-hybridized carbons (Fsp3) is 0.821. The molecule has 244 valence electrons. The molecule has 0 aliphatic carbocycles. The lowest BCUT2D eigenvalue weighted by Gasteiger charge is -2.22. The molecular weight excluding hydrogens is 552 g/mol. The van der Waals surface area contributed by atoms with Crippen molar-refractivity contribution in [1.82, 2.24) is 21.3 Å². The maximum Gasteiger partial charge on any atom is 0.326 e. The molecule has 0 saturated heterocycles. The fourth-order valence-electron chi connectivity index (χ4n) is 3.33. The summed E-state index contributed by atoms with van der Waals surface area (Å²) in [6, 6.07) is -2.18. The van der Waals surface area contributed by atoms with Gasteiger partial charge in [0.05, 0.1) is 24.4 Å². The van der Waals surface area contributed by atoms with Gasteiger partial charge in [-0.25, -0.2) is 4.79 Å². The van der Waals surface area contributed by atoms with Gasteiger partial charge >= 0.3 is 5.97 Å². The summed E-state index contributed by atoms with van der Waals surface area (Å²) in [4.78, 5) is 60.8. The van der Waals surface area contributed by atoms with E-state index in [2.05, 4.69) is 21.3 Å². The molecule has 0 radical (unpaired) electrons. The zero-order valence-electron chi connectivity index (χ0n) is 26.0. The molecule has 42 heavy (non-hydrogen) atoms. The molecule has 0 saturated carbocycles. The van der Waals surface area contributed by atoms with Crippen LogP contribution >= 0.6 is 0 Å². The highest BCUT2D eigenvalue weighted by atomic mass is 16.5. The van der Waals surface area contributed by atoms with E-state index >= 15 is 0 Å². The lowest BCUT2D eigenvalue weighted by atomic mass is 10.1. The van der Waals surface area contributed by atoms with E-state index in [1.165, 1.54) is 0 Å². The third-order valence-electron chi connectivity index (χ3n) is 5.82. The molecule has 0 heterocycles. The number of carboxylic acids is 1. The van der Waals surface area contributed by atoms with Gasteiger partial charge in [-0.1, -0.05) is 0 Å². The van der Waals surface area contributed by atoms with Gasteiger partial charge in [0.1, 0.15) is 31.9 Å². The van der Waals surface area contributed by atoms with E-state index in [9.17, 15) is 29.1 Å². The second-order valence-corrected chi connectivity index (χ2v) is 11.1.